The van der Waals surface area contributed by atoms with Gasteiger partial charge >= 0.3 is 0 Å². The smallest absolute Gasteiger partial charge is 0.0757 e. The Balaban J connectivity index is 1.51. The Labute approximate surface area is 198 Å². The highest BCUT2D eigenvalue weighted by Gasteiger charge is 2.61. The molecule has 0 aromatic heterocycles. The molecule has 184 valence electrons. The van der Waals surface area contributed by atoms with Gasteiger partial charge in [-0.15, -0.1) is 0 Å². The Morgan fingerprint density at radius 3 is 2.22 bits per heavy atom. The van der Waals surface area contributed by atoms with Crippen LogP contribution in [0, 0.1) is 58.2 Å². The topological polar surface area (TPSA) is 40.5 Å². The molecule has 0 aromatic rings. The Morgan fingerprint density at radius 1 is 0.875 bits per heavy atom. The van der Waals surface area contributed by atoms with E-state index >= 15 is 0 Å². The molecule has 0 spiro atoms. The molecule has 9 atom stereocenters. The van der Waals surface area contributed by atoms with Gasteiger partial charge in [0.1, 0.15) is 0 Å². The molecular weight excluding hydrogens is 392 g/mol. The van der Waals surface area contributed by atoms with Crippen molar-refractivity contribution in [3.63, 3.8) is 0 Å². The second kappa shape index (κ2) is 9.03. The summed E-state index contributed by atoms with van der Waals surface area (Å²) in [4.78, 5) is 0. The summed E-state index contributed by atoms with van der Waals surface area (Å²) in [6.45, 7) is 17.2. The van der Waals surface area contributed by atoms with Crippen LogP contribution in [-0.4, -0.2) is 22.4 Å². The summed E-state index contributed by atoms with van der Waals surface area (Å²) < 4.78 is 0. The van der Waals surface area contributed by atoms with Crippen LogP contribution in [0.25, 0.3) is 0 Å². The number of aliphatic hydroxyl groups is 2. The van der Waals surface area contributed by atoms with E-state index in [-0.39, 0.29) is 17.6 Å². The van der Waals surface area contributed by atoms with Crippen LogP contribution in [0.3, 0.4) is 0 Å². The molecule has 2 heteroatoms. The Bertz CT molecular complexity index is 687. The largest absolute Gasteiger partial charge is 0.393 e. The Morgan fingerprint density at radius 2 is 1.56 bits per heavy atom. The van der Waals surface area contributed by atoms with E-state index in [2.05, 4.69) is 54.5 Å². The fraction of sp³-hybridized carbons (Fsp3) is 0.933. The molecule has 32 heavy (non-hydrogen) atoms. The van der Waals surface area contributed by atoms with Gasteiger partial charge in [-0.2, -0.15) is 0 Å². The molecule has 0 aromatic carbocycles. The maximum absolute atomic E-state index is 11.4. The van der Waals surface area contributed by atoms with Crippen molar-refractivity contribution in [3.05, 3.63) is 11.6 Å². The molecule has 4 rings (SSSR count). The van der Waals surface area contributed by atoms with Crippen LogP contribution < -0.4 is 0 Å². The van der Waals surface area contributed by atoms with Crippen LogP contribution in [0.1, 0.15) is 106 Å². The standard InChI is InChI=1S/C30H52O2/c1-18(2)23(19(3)4)9-8-20(5)24-10-11-25-28-26(13-15-30(24,25)7)29(6)14-12-22(31)16-21(29)17-27(28)32/h17-20,22-28,31-32H,8-16H2,1-7H3/t20?,22-,24?,25?,26?,27-,28?,29-,30+/m0/s1. The molecule has 2 N–H and O–H groups in total. The SMILES string of the molecule is CC(C)C(CCC(C)C1CCC2C3C(CC[C@]12C)[C@@]1(C)CC[C@H](O)CC1=C[C@@H]3O)C(C)C. The van der Waals surface area contributed by atoms with Gasteiger partial charge in [0.25, 0.3) is 0 Å². The van der Waals surface area contributed by atoms with Crippen LogP contribution in [0.2, 0.25) is 0 Å². The van der Waals surface area contributed by atoms with Gasteiger partial charge in [0.15, 0.2) is 0 Å². The van der Waals surface area contributed by atoms with Crippen LogP contribution in [0.5, 0.6) is 0 Å². The lowest BCUT2D eigenvalue weighted by molar-refractivity contribution is -0.0972. The first-order valence-electron chi connectivity index (χ1n) is 14.1. The van der Waals surface area contributed by atoms with Gasteiger partial charge in [-0.25, -0.2) is 0 Å². The van der Waals surface area contributed by atoms with E-state index < -0.39 is 0 Å². The van der Waals surface area contributed by atoms with Crippen molar-refractivity contribution in [2.45, 2.75) is 118 Å². The minimum atomic E-state index is -0.307. The lowest BCUT2D eigenvalue weighted by atomic mass is 9.46. The van der Waals surface area contributed by atoms with Crippen molar-refractivity contribution in [2.24, 2.45) is 58.2 Å². The molecule has 2 nitrogen and oxygen atoms in total. The van der Waals surface area contributed by atoms with Crippen LogP contribution in [0.4, 0.5) is 0 Å². The van der Waals surface area contributed by atoms with E-state index in [1.807, 2.05) is 0 Å². The summed E-state index contributed by atoms with van der Waals surface area (Å²) in [7, 11) is 0. The van der Waals surface area contributed by atoms with Gasteiger partial charge < -0.3 is 10.2 Å². The Hall–Kier alpha value is -0.340. The lowest BCUT2D eigenvalue weighted by Gasteiger charge is -2.59. The number of aliphatic hydroxyl groups excluding tert-OH is 2. The van der Waals surface area contributed by atoms with Crippen molar-refractivity contribution in [1.29, 1.82) is 0 Å². The van der Waals surface area contributed by atoms with Crippen LogP contribution in [-0.2, 0) is 0 Å². The summed E-state index contributed by atoms with van der Waals surface area (Å²) in [5, 5.41) is 21.6. The molecule has 4 aliphatic carbocycles. The first-order chi connectivity index (χ1) is 15.0. The molecule has 5 unspecified atom stereocenters. The summed E-state index contributed by atoms with van der Waals surface area (Å²) >= 11 is 0. The molecule has 0 radical (unpaired) electrons. The Kier molecular flexibility index (Phi) is 6.99. The lowest BCUT2D eigenvalue weighted by Crippen LogP contribution is -2.55. The molecular formula is C30H52O2. The molecule has 0 saturated heterocycles. The number of hydrogen-bond acceptors (Lipinski definition) is 2. The van der Waals surface area contributed by atoms with Crippen LogP contribution >= 0.6 is 0 Å². The fourth-order valence-electron chi connectivity index (χ4n) is 9.70. The number of hydrogen-bond donors (Lipinski definition) is 2. The van der Waals surface area contributed by atoms with Crippen molar-refractivity contribution < 1.29 is 10.2 Å². The summed E-state index contributed by atoms with van der Waals surface area (Å²) in [6, 6.07) is 0. The predicted octanol–water partition coefficient (Wildman–Crippen LogP) is 7.24. The highest BCUT2D eigenvalue weighted by molar-refractivity contribution is 5.27. The highest BCUT2D eigenvalue weighted by Crippen LogP contribution is 2.67. The van der Waals surface area contributed by atoms with Crippen molar-refractivity contribution in [1.82, 2.24) is 0 Å². The zero-order chi connectivity index (χ0) is 23.4. The third-order valence-electron chi connectivity index (χ3n) is 11.5. The fourth-order valence-corrected chi connectivity index (χ4v) is 9.70. The molecule has 0 heterocycles. The minimum Gasteiger partial charge on any atom is -0.393 e. The van der Waals surface area contributed by atoms with E-state index in [1.54, 1.807) is 0 Å². The van der Waals surface area contributed by atoms with E-state index in [0.717, 1.165) is 48.9 Å². The van der Waals surface area contributed by atoms with Gasteiger partial charge in [-0.1, -0.05) is 66.5 Å². The average molecular weight is 445 g/mol. The van der Waals surface area contributed by atoms with Gasteiger partial charge in [0.2, 0.25) is 0 Å². The zero-order valence-electron chi connectivity index (χ0n) is 22.1. The van der Waals surface area contributed by atoms with Gasteiger partial charge in [-0.3, -0.25) is 0 Å². The van der Waals surface area contributed by atoms with Gasteiger partial charge in [0.05, 0.1) is 12.2 Å². The molecule has 4 aliphatic rings. The van der Waals surface area contributed by atoms with Crippen molar-refractivity contribution in [3.8, 4) is 0 Å². The van der Waals surface area contributed by atoms with E-state index in [1.165, 1.54) is 44.1 Å². The van der Waals surface area contributed by atoms with Gasteiger partial charge in [-0.05, 0) is 110 Å². The third kappa shape index (κ3) is 4.04. The molecule has 3 fully saturated rings. The average Bonchev–Trinajstić information content (AvgIpc) is 3.06. The maximum atomic E-state index is 11.4. The van der Waals surface area contributed by atoms with Crippen molar-refractivity contribution in [2.75, 3.05) is 0 Å². The molecule has 3 saturated carbocycles. The molecule has 0 aliphatic heterocycles. The third-order valence-corrected chi connectivity index (χ3v) is 11.5. The highest BCUT2D eigenvalue weighted by atomic mass is 16.3. The maximum Gasteiger partial charge on any atom is 0.0757 e. The number of fused-ring (bicyclic) bond motifs is 5. The summed E-state index contributed by atoms with van der Waals surface area (Å²) in [5.74, 6) is 5.67. The van der Waals surface area contributed by atoms with E-state index in [0.29, 0.717) is 23.2 Å². The van der Waals surface area contributed by atoms with Crippen LogP contribution in [0.15, 0.2) is 11.6 Å². The second-order valence-electron chi connectivity index (χ2n) is 13.7. The zero-order valence-corrected chi connectivity index (χ0v) is 22.1. The monoisotopic (exact) mass is 444 g/mol. The quantitative estimate of drug-likeness (QED) is 0.424. The van der Waals surface area contributed by atoms with Crippen molar-refractivity contribution >= 4 is 0 Å². The normalized spacial score (nSPS) is 44.9. The van der Waals surface area contributed by atoms with E-state index in [9.17, 15) is 10.2 Å². The minimum absolute atomic E-state index is 0.204. The summed E-state index contributed by atoms with van der Waals surface area (Å²) in [5.41, 5.74) is 1.96. The van der Waals surface area contributed by atoms with Gasteiger partial charge in [0, 0.05) is 0 Å². The molecule has 0 amide bonds. The second-order valence-corrected chi connectivity index (χ2v) is 13.7. The molecule has 0 bridgehead atoms. The predicted molar refractivity (Wildman–Crippen MR) is 134 cm³/mol. The summed E-state index contributed by atoms with van der Waals surface area (Å²) in [6.07, 6.45) is 12.5. The first kappa shape index (κ1) is 24.8. The van der Waals surface area contributed by atoms with E-state index in [4.69, 9.17) is 0 Å². The first-order valence-corrected chi connectivity index (χ1v) is 14.1. The number of rotatable bonds is 6.